The maximum Gasteiger partial charge on any atom is 0.351 e. The van der Waals surface area contributed by atoms with Crippen molar-refractivity contribution in [3.05, 3.63) is 34.6 Å². The topological polar surface area (TPSA) is 241 Å². The zero-order valence-corrected chi connectivity index (χ0v) is 17.7. The smallest absolute Gasteiger partial charge is 0.351 e. The first-order valence-corrected chi connectivity index (χ1v) is 10.4. The maximum absolute atomic E-state index is 12.0. The molecule has 4 heterocycles. The SMILES string of the molecule is Nc1ccn([C@@H]2O[C@H](Cn3cc(CO[C@H]4O[C@H](CO)[C@H](O)[C@H](O)[C@H]4O)nn3)[C@@H](O)[C@H]2O)c(=O)n1. The third kappa shape index (κ3) is 4.81. The average Bonchev–Trinajstić information content (AvgIpc) is 3.37. The first-order valence-electron chi connectivity index (χ1n) is 10.4. The molecule has 0 saturated carbocycles. The molecule has 0 unspecified atom stereocenters. The molecule has 0 aliphatic carbocycles. The van der Waals surface area contributed by atoms with E-state index in [0.29, 0.717) is 5.69 Å². The zero-order chi connectivity index (χ0) is 24.6. The van der Waals surface area contributed by atoms with Gasteiger partial charge in [-0.1, -0.05) is 5.21 Å². The van der Waals surface area contributed by atoms with Crippen LogP contribution in [0.1, 0.15) is 11.9 Å². The lowest BCUT2D eigenvalue weighted by Gasteiger charge is -2.39. The van der Waals surface area contributed by atoms with Gasteiger partial charge in [0.2, 0.25) is 0 Å². The number of nitrogens with two attached hydrogens (primary N) is 1. The van der Waals surface area contributed by atoms with Crippen molar-refractivity contribution in [2.45, 2.75) is 68.4 Å². The van der Waals surface area contributed by atoms with Gasteiger partial charge in [-0.3, -0.25) is 4.57 Å². The van der Waals surface area contributed by atoms with Crippen molar-refractivity contribution >= 4 is 5.82 Å². The number of hydrogen-bond acceptors (Lipinski definition) is 14. The van der Waals surface area contributed by atoms with Crippen LogP contribution >= 0.6 is 0 Å². The molecule has 34 heavy (non-hydrogen) atoms. The van der Waals surface area contributed by atoms with Crippen LogP contribution in [0.15, 0.2) is 23.3 Å². The van der Waals surface area contributed by atoms with Crippen LogP contribution < -0.4 is 11.4 Å². The van der Waals surface area contributed by atoms with Crippen LogP contribution in [-0.4, -0.2) is 111 Å². The van der Waals surface area contributed by atoms with Gasteiger partial charge >= 0.3 is 5.69 Å². The molecule has 0 radical (unpaired) electrons. The molecule has 2 aromatic heterocycles. The average molecular weight is 486 g/mol. The third-order valence-electron chi connectivity index (χ3n) is 5.66. The summed E-state index contributed by atoms with van der Waals surface area (Å²) in [5.41, 5.74) is 5.01. The van der Waals surface area contributed by atoms with Gasteiger partial charge in [0.15, 0.2) is 12.5 Å². The number of hydrogen-bond donors (Lipinski definition) is 7. The van der Waals surface area contributed by atoms with Crippen molar-refractivity contribution < 1.29 is 44.8 Å². The fourth-order valence-electron chi connectivity index (χ4n) is 3.78. The Balaban J connectivity index is 1.36. The Morgan fingerprint density at radius 3 is 2.47 bits per heavy atom. The summed E-state index contributed by atoms with van der Waals surface area (Å²) in [5.74, 6) is 0.00640. The van der Waals surface area contributed by atoms with Crippen LogP contribution in [-0.2, 0) is 27.4 Å². The lowest BCUT2D eigenvalue weighted by molar-refractivity contribution is -0.304. The standard InChI is InChI=1S/C18H26N6O10/c19-10-1-2-24(18(31)20-10)16-14(29)11(26)8(33-16)4-23-3-7(21-22-23)6-32-17-15(30)13(28)12(27)9(5-25)34-17/h1-3,8-9,11-17,25-30H,4-6H2,(H2,19,20,31)/t8-,9-,11-,12+,13+,14-,15-,16-,17+/m1/s1. The molecule has 16 heteroatoms. The number of aliphatic hydroxyl groups is 6. The number of nitrogens with zero attached hydrogens (tertiary/aromatic N) is 5. The number of nitrogen functional groups attached to an aromatic ring is 1. The van der Waals surface area contributed by atoms with Gasteiger partial charge < -0.3 is 50.6 Å². The van der Waals surface area contributed by atoms with Crippen LogP contribution in [0.4, 0.5) is 5.82 Å². The first-order chi connectivity index (χ1) is 16.2. The molecule has 188 valence electrons. The molecule has 0 amide bonds. The lowest BCUT2D eigenvalue weighted by atomic mass is 9.99. The van der Waals surface area contributed by atoms with Gasteiger partial charge in [-0.15, -0.1) is 5.10 Å². The van der Waals surface area contributed by atoms with Gasteiger partial charge in [0, 0.05) is 6.20 Å². The number of aliphatic hydroxyl groups excluding tert-OH is 6. The van der Waals surface area contributed by atoms with E-state index in [-0.39, 0.29) is 19.0 Å². The van der Waals surface area contributed by atoms with E-state index in [9.17, 15) is 35.4 Å². The molecule has 2 saturated heterocycles. The Morgan fingerprint density at radius 1 is 1.03 bits per heavy atom. The molecule has 2 aromatic rings. The van der Waals surface area contributed by atoms with Gasteiger partial charge in [0.05, 0.1) is 26.0 Å². The molecule has 0 spiro atoms. The molecular formula is C18H26N6O10. The number of ether oxygens (including phenoxy) is 3. The molecule has 16 nitrogen and oxygen atoms in total. The second-order valence-corrected chi connectivity index (χ2v) is 8.03. The van der Waals surface area contributed by atoms with Gasteiger partial charge in [-0.2, -0.15) is 4.98 Å². The number of anilines is 1. The minimum absolute atomic E-state index is 0.00640. The van der Waals surface area contributed by atoms with E-state index in [1.807, 2.05) is 0 Å². The monoisotopic (exact) mass is 486 g/mol. The predicted molar refractivity (Wildman–Crippen MR) is 107 cm³/mol. The van der Waals surface area contributed by atoms with E-state index in [0.717, 1.165) is 4.57 Å². The van der Waals surface area contributed by atoms with Crippen LogP contribution in [0.3, 0.4) is 0 Å². The second-order valence-electron chi connectivity index (χ2n) is 8.03. The molecule has 2 fully saturated rings. The molecule has 2 aliphatic heterocycles. The Morgan fingerprint density at radius 2 is 1.76 bits per heavy atom. The normalized spacial score (nSPS) is 36.1. The molecule has 0 aromatic carbocycles. The lowest BCUT2D eigenvalue weighted by Crippen LogP contribution is -2.59. The van der Waals surface area contributed by atoms with Gasteiger partial charge in [-0.05, 0) is 6.07 Å². The summed E-state index contributed by atoms with van der Waals surface area (Å²) >= 11 is 0. The second kappa shape index (κ2) is 9.98. The van der Waals surface area contributed by atoms with E-state index in [1.54, 1.807) is 0 Å². The highest BCUT2D eigenvalue weighted by molar-refractivity contribution is 5.23. The molecule has 2 aliphatic rings. The summed E-state index contributed by atoms with van der Waals surface area (Å²) in [7, 11) is 0. The van der Waals surface area contributed by atoms with Crippen molar-refractivity contribution in [1.29, 1.82) is 0 Å². The van der Waals surface area contributed by atoms with E-state index < -0.39 is 67.5 Å². The quantitative estimate of drug-likeness (QED) is 0.194. The largest absolute Gasteiger partial charge is 0.394 e. The number of rotatable bonds is 7. The zero-order valence-electron chi connectivity index (χ0n) is 17.7. The fraction of sp³-hybridized carbons (Fsp3) is 0.667. The summed E-state index contributed by atoms with van der Waals surface area (Å²) < 4.78 is 18.7. The van der Waals surface area contributed by atoms with Crippen LogP contribution in [0.25, 0.3) is 0 Å². The maximum atomic E-state index is 12.0. The molecule has 4 rings (SSSR count). The summed E-state index contributed by atoms with van der Waals surface area (Å²) in [6.45, 7) is -0.816. The molecular weight excluding hydrogens is 460 g/mol. The van der Waals surface area contributed by atoms with E-state index in [2.05, 4.69) is 15.3 Å². The van der Waals surface area contributed by atoms with Gasteiger partial charge in [0.25, 0.3) is 0 Å². The van der Waals surface area contributed by atoms with Crippen LogP contribution in [0.2, 0.25) is 0 Å². The predicted octanol–water partition coefficient (Wildman–Crippen LogP) is -4.95. The Bertz CT molecular complexity index is 1030. The fourth-order valence-corrected chi connectivity index (χ4v) is 3.78. The third-order valence-corrected chi connectivity index (χ3v) is 5.66. The van der Waals surface area contributed by atoms with Gasteiger partial charge in [0.1, 0.15) is 54.2 Å². The van der Waals surface area contributed by atoms with Crippen molar-refractivity contribution in [3.63, 3.8) is 0 Å². The summed E-state index contributed by atoms with van der Waals surface area (Å²) in [6, 6.07) is 1.36. The summed E-state index contributed by atoms with van der Waals surface area (Å²) in [6.07, 6.45) is -9.19. The Kier molecular flexibility index (Phi) is 7.22. The van der Waals surface area contributed by atoms with E-state index in [1.165, 1.54) is 23.1 Å². The minimum atomic E-state index is -1.57. The van der Waals surface area contributed by atoms with E-state index >= 15 is 0 Å². The van der Waals surface area contributed by atoms with E-state index in [4.69, 9.17) is 19.9 Å². The highest BCUT2D eigenvalue weighted by atomic mass is 16.7. The first kappa shape index (κ1) is 24.6. The Labute approximate surface area is 191 Å². The van der Waals surface area contributed by atoms with Crippen molar-refractivity contribution in [2.75, 3.05) is 12.3 Å². The van der Waals surface area contributed by atoms with Crippen molar-refractivity contribution in [2.24, 2.45) is 0 Å². The summed E-state index contributed by atoms with van der Waals surface area (Å²) in [5, 5.41) is 67.4. The molecule has 9 atom stereocenters. The Hall–Kier alpha value is -2.54. The van der Waals surface area contributed by atoms with Crippen LogP contribution in [0.5, 0.6) is 0 Å². The van der Waals surface area contributed by atoms with Crippen molar-refractivity contribution in [1.82, 2.24) is 24.5 Å². The highest BCUT2D eigenvalue weighted by Gasteiger charge is 2.45. The van der Waals surface area contributed by atoms with Crippen molar-refractivity contribution in [3.8, 4) is 0 Å². The molecule has 8 N–H and O–H groups in total. The molecule has 0 bridgehead atoms. The van der Waals surface area contributed by atoms with Crippen LogP contribution in [0, 0.1) is 0 Å². The summed E-state index contributed by atoms with van der Waals surface area (Å²) in [4.78, 5) is 15.6. The highest BCUT2D eigenvalue weighted by Crippen LogP contribution is 2.29. The minimum Gasteiger partial charge on any atom is -0.394 e. The van der Waals surface area contributed by atoms with Gasteiger partial charge in [-0.25, -0.2) is 9.48 Å². The number of aromatic nitrogens is 5.